The van der Waals surface area contributed by atoms with Gasteiger partial charge >= 0.3 is 0 Å². The molecule has 2 N–H and O–H groups in total. The zero-order chi connectivity index (χ0) is 16.6. The summed E-state index contributed by atoms with van der Waals surface area (Å²) in [6, 6.07) is 5.86. The van der Waals surface area contributed by atoms with Crippen LogP contribution in [0, 0.1) is 0 Å². The molecule has 0 aromatic carbocycles. The van der Waals surface area contributed by atoms with Gasteiger partial charge in [-0.1, -0.05) is 12.5 Å². The van der Waals surface area contributed by atoms with Gasteiger partial charge in [-0.2, -0.15) is 0 Å². The standard InChI is InChI=1S/C17H25N7.HI/c1-2-18-17(20-12-14-8-5-6-10-19-14)21-13-16-23-22-15-9-4-3-7-11-24(15)16;/h5-6,8,10H,2-4,7,9,11-13H2,1H3,(H2,18,20,21);1H. The van der Waals surface area contributed by atoms with Gasteiger partial charge in [0.1, 0.15) is 5.82 Å². The Bertz CT molecular complexity index is 669. The van der Waals surface area contributed by atoms with Crippen molar-refractivity contribution in [3.8, 4) is 0 Å². The number of rotatable bonds is 5. The lowest BCUT2D eigenvalue weighted by atomic mass is 10.2. The highest BCUT2D eigenvalue weighted by Gasteiger charge is 2.14. The van der Waals surface area contributed by atoms with Crippen molar-refractivity contribution >= 4 is 29.9 Å². The molecule has 1 aliphatic rings. The zero-order valence-electron chi connectivity index (χ0n) is 14.6. The van der Waals surface area contributed by atoms with Crippen LogP contribution in [0.2, 0.25) is 0 Å². The van der Waals surface area contributed by atoms with Gasteiger partial charge in [0.05, 0.1) is 18.8 Å². The summed E-state index contributed by atoms with van der Waals surface area (Å²) in [5, 5.41) is 15.3. The Balaban J connectivity index is 0.00000225. The Morgan fingerprint density at radius 3 is 2.92 bits per heavy atom. The highest BCUT2D eigenvalue weighted by atomic mass is 127. The molecule has 0 fully saturated rings. The summed E-state index contributed by atoms with van der Waals surface area (Å²) in [7, 11) is 0. The third-order valence-corrected chi connectivity index (χ3v) is 4.07. The first kappa shape index (κ1) is 19.6. The number of nitrogens with one attached hydrogen (secondary N) is 2. The molecule has 8 heteroatoms. The molecule has 136 valence electrons. The Labute approximate surface area is 165 Å². The van der Waals surface area contributed by atoms with E-state index in [0.29, 0.717) is 13.1 Å². The largest absolute Gasteiger partial charge is 0.357 e. The smallest absolute Gasteiger partial charge is 0.192 e. The van der Waals surface area contributed by atoms with Crippen molar-refractivity contribution < 1.29 is 0 Å². The third-order valence-electron chi connectivity index (χ3n) is 4.07. The van der Waals surface area contributed by atoms with Crippen molar-refractivity contribution in [2.24, 2.45) is 4.99 Å². The van der Waals surface area contributed by atoms with E-state index in [1.165, 1.54) is 19.3 Å². The highest BCUT2D eigenvalue weighted by Crippen LogP contribution is 2.14. The van der Waals surface area contributed by atoms with Crippen molar-refractivity contribution in [1.29, 1.82) is 0 Å². The first-order valence-corrected chi connectivity index (χ1v) is 8.70. The van der Waals surface area contributed by atoms with E-state index in [1.807, 2.05) is 18.2 Å². The number of hydrogen-bond acceptors (Lipinski definition) is 4. The van der Waals surface area contributed by atoms with Crippen LogP contribution in [0.25, 0.3) is 0 Å². The minimum atomic E-state index is 0. The fourth-order valence-electron chi connectivity index (χ4n) is 2.83. The van der Waals surface area contributed by atoms with Gasteiger partial charge in [-0.05, 0) is 31.9 Å². The number of aryl methyl sites for hydroxylation is 1. The second-order valence-corrected chi connectivity index (χ2v) is 5.86. The summed E-state index contributed by atoms with van der Waals surface area (Å²) in [4.78, 5) is 8.89. The van der Waals surface area contributed by atoms with Gasteiger partial charge in [0.15, 0.2) is 11.8 Å². The van der Waals surface area contributed by atoms with Crippen LogP contribution >= 0.6 is 24.0 Å². The maximum atomic E-state index is 4.59. The van der Waals surface area contributed by atoms with E-state index in [9.17, 15) is 0 Å². The van der Waals surface area contributed by atoms with E-state index in [4.69, 9.17) is 0 Å². The molecule has 1 aliphatic heterocycles. The quantitative estimate of drug-likeness (QED) is 0.411. The molecule has 0 radical (unpaired) electrons. The molecule has 0 aliphatic carbocycles. The van der Waals surface area contributed by atoms with E-state index in [2.05, 4.69) is 42.3 Å². The number of pyridine rings is 1. The Hall–Kier alpha value is -1.71. The van der Waals surface area contributed by atoms with E-state index in [-0.39, 0.29) is 24.0 Å². The van der Waals surface area contributed by atoms with Gasteiger partial charge in [-0.15, -0.1) is 34.2 Å². The van der Waals surface area contributed by atoms with Gasteiger partial charge in [0, 0.05) is 25.7 Å². The lowest BCUT2D eigenvalue weighted by Crippen LogP contribution is -2.37. The number of aromatic nitrogens is 4. The van der Waals surface area contributed by atoms with E-state index >= 15 is 0 Å². The summed E-state index contributed by atoms with van der Waals surface area (Å²) in [5.74, 6) is 2.86. The molecule has 0 saturated heterocycles. The molecule has 0 amide bonds. The number of aliphatic imine (C=N–C) groups is 1. The molecule has 3 rings (SSSR count). The molecular formula is C17H26IN7. The average Bonchev–Trinajstić information content (AvgIpc) is 2.85. The van der Waals surface area contributed by atoms with Gasteiger partial charge in [-0.25, -0.2) is 4.99 Å². The summed E-state index contributed by atoms with van der Waals surface area (Å²) in [5.41, 5.74) is 0.950. The summed E-state index contributed by atoms with van der Waals surface area (Å²) in [6.45, 7) is 5.06. The summed E-state index contributed by atoms with van der Waals surface area (Å²) >= 11 is 0. The van der Waals surface area contributed by atoms with Crippen LogP contribution in [-0.2, 0) is 26.1 Å². The van der Waals surface area contributed by atoms with E-state index in [1.54, 1.807) is 6.20 Å². The predicted octanol–water partition coefficient (Wildman–Crippen LogP) is 2.27. The number of nitrogens with zero attached hydrogens (tertiary/aromatic N) is 5. The minimum Gasteiger partial charge on any atom is -0.357 e. The molecule has 25 heavy (non-hydrogen) atoms. The molecule has 7 nitrogen and oxygen atoms in total. The first-order chi connectivity index (χ1) is 11.9. The van der Waals surface area contributed by atoms with Crippen molar-refractivity contribution in [1.82, 2.24) is 30.4 Å². The third kappa shape index (κ3) is 5.65. The van der Waals surface area contributed by atoms with Crippen molar-refractivity contribution in [2.75, 3.05) is 6.54 Å². The van der Waals surface area contributed by atoms with Gasteiger partial charge in [0.25, 0.3) is 0 Å². The SMILES string of the molecule is CCNC(=NCc1ccccn1)NCc1nnc2n1CCCCC2.I. The molecule has 2 aromatic rings. The second kappa shape index (κ2) is 10.3. The van der Waals surface area contributed by atoms with Gasteiger partial charge in [0.2, 0.25) is 0 Å². The maximum absolute atomic E-state index is 4.59. The Kier molecular flexibility index (Phi) is 8.10. The maximum Gasteiger partial charge on any atom is 0.192 e. The number of halogens is 1. The molecule has 0 atom stereocenters. The van der Waals surface area contributed by atoms with Crippen LogP contribution in [0.4, 0.5) is 0 Å². The van der Waals surface area contributed by atoms with Crippen molar-refractivity contribution in [3.63, 3.8) is 0 Å². The summed E-state index contributed by atoms with van der Waals surface area (Å²) in [6.07, 6.45) is 6.49. The zero-order valence-corrected chi connectivity index (χ0v) is 16.9. The average molecular weight is 455 g/mol. The lowest BCUT2D eigenvalue weighted by Gasteiger charge is -2.12. The van der Waals surface area contributed by atoms with Crippen molar-refractivity contribution in [3.05, 3.63) is 41.7 Å². The molecular weight excluding hydrogens is 429 g/mol. The lowest BCUT2D eigenvalue weighted by molar-refractivity contribution is 0.596. The van der Waals surface area contributed by atoms with E-state index < -0.39 is 0 Å². The Morgan fingerprint density at radius 1 is 1.20 bits per heavy atom. The van der Waals surface area contributed by atoms with Crippen LogP contribution in [0.5, 0.6) is 0 Å². The Morgan fingerprint density at radius 2 is 2.12 bits per heavy atom. The molecule has 0 unspecified atom stereocenters. The fraction of sp³-hybridized carbons (Fsp3) is 0.529. The monoisotopic (exact) mass is 455 g/mol. The van der Waals surface area contributed by atoms with Crippen molar-refractivity contribution in [2.45, 2.75) is 52.2 Å². The van der Waals surface area contributed by atoms with E-state index in [0.717, 1.165) is 42.8 Å². The predicted molar refractivity (Wildman–Crippen MR) is 109 cm³/mol. The van der Waals surface area contributed by atoms with Crippen LogP contribution in [0.3, 0.4) is 0 Å². The molecule has 0 spiro atoms. The van der Waals surface area contributed by atoms with Gasteiger partial charge < -0.3 is 15.2 Å². The van der Waals surface area contributed by atoms with Crippen LogP contribution in [0.15, 0.2) is 29.4 Å². The fourth-order valence-corrected chi connectivity index (χ4v) is 2.83. The van der Waals surface area contributed by atoms with Crippen LogP contribution in [0.1, 0.15) is 43.5 Å². The minimum absolute atomic E-state index is 0. The molecule has 3 heterocycles. The molecule has 0 saturated carbocycles. The number of guanidine groups is 1. The van der Waals surface area contributed by atoms with Gasteiger partial charge in [-0.3, -0.25) is 4.98 Å². The van der Waals surface area contributed by atoms with Crippen LogP contribution < -0.4 is 10.6 Å². The normalized spacial score (nSPS) is 14.2. The molecule has 2 aromatic heterocycles. The first-order valence-electron chi connectivity index (χ1n) is 8.70. The second-order valence-electron chi connectivity index (χ2n) is 5.86. The van der Waals surface area contributed by atoms with Crippen LogP contribution in [-0.4, -0.2) is 32.3 Å². The summed E-state index contributed by atoms with van der Waals surface area (Å²) < 4.78 is 2.25. The highest BCUT2D eigenvalue weighted by molar-refractivity contribution is 14.0. The number of hydrogen-bond donors (Lipinski definition) is 2. The topological polar surface area (TPSA) is 80.0 Å². The molecule has 0 bridgehead atoms. The number of fused-ring (bicyclic) bond motifs is 1.